The number of anilines is 1. The molecule has 0 amide bonds. The quantitative estimate of drug-likeness (QED) is 0.762. The molecule has 4 heteroatoms. The maximum absolute atomic E-state index is 6.18. The lowest BCUT2D eigenvalue weighted by Gasteiger charge is -2.06. The highest BCUT2D eigenvalue weighted by molar-refractivity contribution is 6.31. The molecule has 1 aromatic heterocycles. The Morgan fingerprint density at radius 2 is 1.76 bits per heavy atom. The number of aromatic nitrogens is 2. The van der Waals surface area contributed by atoms with E-state index in [1.54, 1.807) is 4.68 Å². The second-order valence-corrected chi connectivity index (χ2v) is 5.52. The Hall–Kier alpha value is -2.26. The summed E-state index contributed by atoms with van der Waals surface area (Å²) in [5, 5.41) is 5.32. The molecule has 0 atom stereocenters. The number of hydrogen-bond donors (Lipinski definition) is 1. The number of rotatable bonds is 2. The Labute approximate surface area is 129 Å². The topological polar surface area (TPSA) is 43.8 Å². The normalized spacial score (nSPS) is 10.8. The maximum Gasteiger partial charge on any atom is 0.127 e. The van der Waals surface area contributed by atoms with Gasteiger partial charge in [-0.25, -0.2) is 4.68 Å². The molecule has 0 aliphatic heterocycles. The van der Waals surface area contributed by atoms with Crippen LogP contribution < -0.4 is 5.73 Å². The molecule has 0 unspecified atom stereocenters. The highest BCUT2D eigenvalue weighted by Crippen LogP contribution is 2.27. The monoisotopic (exact) mass is 297 g/mol. The van der Waals surface area contributed by atoms with Gasteiger partial charge in [0, 0.05) is 16.7 Å². The van der Waals surface area contributed by atoms with Crippen LogP contribution in [0, 0.1) is 13.8 Å². The van der Waals surface area contributed by atoms with Gasteiger partial charge >= 0.3 is 0 Å². The summed E-state index contributed by atoms with van der Waals surface area (Å²) < 4.78 is 1.72. The van der Waals surface area contributed by atoms with E-state index >= 15 is 0 Å². The first-order valence-electron chi connectivity index (χ1n) is 6.74. The van der Waals surface area contributed by atoms with Crippen LogP contribution >= 0.6 is 11.6 Å². The van der Waals surface area contributed by atoms with Crippen LogP contribution in [0.15, 0.2) is 48.5 Å². The van der Waals surface area contributed by atoms with E-state index in [1.165, 1.54) is 5.56 Å². The highest BCUT2D eigenvalue weighted by Gasteiger charge is 2.11. The highest BCUT2D eigenvalue weighted by atomic mass is 35.5. The smallest absolute Gasteiger partial charge is 0.127 e. The molecule has 3 nitrogen and oxygen atoms in total. The number of benzene rings is 2. The van der Waals surface area contributed by atoms with Gasteiger partial charge in [-0.3, -0.25) is 0 Å². The summed E-state index contributed by atoms with van der Waals surface area (Å²) in [4.78, 5) is 0. The van der Waals surface area contributed by atoms with Crippen molar-refractivity contribution in [2.24, 2.45) is 0 Å². The average molecular weight is 298 g/mol. The van der Waals surface area contributed by atoms with E-state index in [0.29, 0.717) is 10.8 Å². The Bertz CT molecular complexity index is 806. The van der Waals surface area contributed by atoms with Crippen molar-refractivity contribution >= 4 is 17.4 Å². The third kappa shape index (κ3) is 2.52. The molecular formula is C17H16ClN3. The van der Waals surface area contributed by atoms with Gasteiger partial charge in [0.1, 0.15) is 5.82 Å². The molecular weight excluding hydrogens is 282 g/mol. The van der Waals surface area contributed by atoms with Gasteiger partial charge in [0.25, 0.3) is 0 Å². The Balaban J connectivity index is 2.10. The summed E-state index contributed by atoms with van der Waals surface area (Å²) in [7, 11) is 0. The Morgan fingerprint density at radius 3 is 2.48 bits per heavy atom. The van der Waals surface area contributed by atoms with Crippen molar-refractivity contribution in [2.75, 3.05) is 5.73 Å². The minimum absolute atomic E-state index is 0.591. The lowest BCUT2D eigenvalue weighted by atomic mass is 10.1. The number of aryl methyl sites for hydroxylation is 2. The van der Waals surface area contributed by atoms with Crippen LogP contribution in [0.5, 0.6) is 0 Å². The van der Waals surface area contributed by atoms with Crippen LogP contribution in [0.25, 0.3) is 16.9 Å². The van der Waals surface area contributed by atoms with E-state index < -0.39 is 0 Å². The molecule has 0 saturated carbocycles. The molecule has 0 aliphatic rings. The molecule has 1 heterocycles. The molecule has 106 valence electrons. The molecule has 0 bridgehead atoms. The summed E-state index contributed by atoms with van der Waals surface area (Å²) >= 11 is 6.18. The van der Waals surface area contributed by atoms with Gasteiger partial charge in [-0.15, -0.1) is 0 Å². The lowest BCUT2D eigenvalue weighted by Crippen LogP contribution is -2.01. The van der Waals surface area contributed by atoms with E-state index in [4.69, 9.17) is 17.3 Å². The average Bonchev–Trinajstić information content (AvgIpc) is 2.84. The largest absolute Gasteiger partial charge is 0.384 e. The van der Waals surface area contributed by atoms with E-state index in [1.807, 2.05) is 49.4 Å². The summed E-state index contributed by atoms with van der Waals surface area (Å²) in [6, 6.07) is 15.8. The summed E-state index contributed by atoms with van der Waals surface area (Å²) in [6.45, 7) is 4.03. The van der Waals surface area contributed by atoms with E-state index in [2.05, 4.69) is 18.1 Å². The third-order valence-electron chi connectivity index (χ3n) is 3.56. The second kappa shape index (κ2) is 5.26. The van der Waals surface area contributed by atoms with Crippen LogP contribution in [0.1, 0.15) is 11.1 Å². The fourth-order valence-electron chi connectivity index (χ4n) is 2.31. The van der Waals surface area contributed by atoms with Crippen molar-refractivity contribution in [1.29, 1.82) is 0 Å². The molecule has 3 aromatic rings. The SMILES string of the molecule is Cc1ccc(-n2nc(-c3ccccc3C)cc2N)cc1Cl. The van der Waals surface area contributed by atoms with Crippen molar-refractivity contribution in [3.05, 3.63) is 64.7 Å². The summed E-state index contributed by atoms with van der Waals surface area (Å²) in [6.07, 6.45) is 0. The summed E-state index contributed by atoms with van der Waals surface area (Å²) in [5.74, 6) is 0.591. The van der Waals surface area contributed by atoms with E-state index in [-0.39, 0.29) is 0 Å². The first kappa shape index (κ1) is 13.7. The molecule has 0 spiro atoms. The standard InChI is InChI=1S/C17H16ClN3/c1-11-5-3-4-6-14(11)16-10-17(19)21(20-16)13-8-7-12(2)15(18)9-13/h3-10H,19H2,1-2H3. The van der Waals surface area contributed by atoms with Crippen molar-refractivity contribution in [3.63, 3.8) is 0 Å². The molecule has 0 fully saturated rings. The van der Waals surface area contributed by atoms with Gasteiger partial charge < -0.3 is 5.73 Å². The number of nitrogens with zero attached hydrogens (tertiary/aromatic N) is 2. The van der Waals surface area contributed by atoms with Gasteiger partial charge in [0.05, 0.1) is 11.4 Å². The molecule has 0 saturated heterocycles. The van der Waals surface area contributed by atoms with Crippen LogP contribution in [-0.4, -0.2) is 9.78 Å². The van der Waals surface area contributed by atoms with Gasteiger partial charge in [0.15, 0.2) is 0 Å². The molecule has 21 heavy (non-hydrogen) atoms. The number of hydrogen-bond acceptors (Lipinski definition) is 2. The van der Waals surface area contributed by atoms with Crippen LogP contribution in [0.2, 0.25) is 5.02 Å². The van der Waals surface area contributed by atoms with Crippen molar-refractivity contribution in [2.45, 2.75) is 13.8 Å². The molecule has 0 aliphatic carbocycles. The predicted molar refractivity (Wildman–Crippen MR) is 87.9 cm³/mol. The van der Waals surface area contributed by atoms with Crippen LogP contribution in [0.3, 0.4) is 0 Å². The Morgan fingerprint density at radius 1 is 1.00 bits per heavy atom. The molecule has 3 rings (SSSR count). The minimum atomic E-state index is 0.591. The molecule has 2 aromatic carbocycles. The zero-order chi connectivity index (χ0) is 15.0. The van der Waals surface area contributed by atoms with Gasteiger partial charge in [-0.1, -0.05) is 41.9 Å². The number of halogens is 1. The van der Waals surface area contributed by atoms with E-state index in [9.17, 15) is 0 Å². The first-order valence-corrected chi connectivity index (χ1v) is 7.12. The fourth-order valence-corrected chi connectivity index (χ4v) is 2.48. The Kier molecular flexibility index (Phi) is 3.43. The van der Waals surface area contributed by atoms with Crippen LogP contribution in [-0.2, 0) is 0 Å². The molecule has 2 N–H and O–H groups in total. The van der Waals surface area contributed by atoms with Gasteiger partial charge in [-0.05, 0) is 37.1 Å². The lowest BCUT2D eigenvalue weighted by molar-refractivity contribution is 0.894. The zero-order valence-electron chi connectivity index (χ0n) is 12.0. The third-order valence-corrected chi connectivity index (χ3v) is 3.97. The summed E-state index contributed by atoms with van der Waals surface area (Å²) in [5.41, 5.74) is 11.1. The second-order valence-electron chi connectivity index (χ2n) is 5.11. The number of nitrogen functional groups attached to an aromatic ring is 1. The minimum Gasteiger partial charge on any atom is -0.384 e. The zero-order valence-corrected chi connectivity index (χ0v) is 12.7. The first-order chi connectivity index (χ1) is 10.1. The fraction of sp³-hybridized carbons (Fsp3) is 0.118. The van der Waals surface area contributed by atoms with Gasteiger partial charge in [-0.2, -0.15) is 5.10 Å². The van der Waals surface area contributed by atoms with Crippen molar-refractivity contribution in [3.8, 4) is 16.9 Å². The maximum atomic E-state index is 6.18. The molecule has 0 radical (unpaired) electrons. The number of nitrogens with two attached hydrogens (primary N) is 1. The van der Waals surface area contributed by atoms with Crippen molar-refractivity contribution < 1.29 is 0 Å². The van der Waals surface area contributed by atoms with Crippen LogP contribution in [0.4, 0.5) is 5.82 Å². The van der Waals surface area contributed by atoms with Crippen molar-refractivity contribution in [1.82, 2.24) is 9.78 Å². The predicted octanol–water partition coefficient (Wildman–Crippen LogP) is 4.39. The van der Waals surface area contributed by atoms with Gasteiger partial charge in [0.2, 0.25) is 0 Å². The van der Waals surface area contributed by atoms with E-state index in [0.717, 1.165) is 22.5 Å².